The molecule has 1 aromatic heterocycles. The molecule has 0 saturated heterocycles. The number of carboxylic acid groups (broad SMARTS) is 1. The summed E-state index contributed by atoms with van der Waals surface area (Å²) in [6.45, 7) is 0. The largest absolute Gasteiger partial charge is 0.481 e. The van der Waals surface area contributed by atoms with E-state index in [0.717, 1.165) is 16.8 Å². The fourth-order valence-electron chi connectivity index (χ4n) is 4.20. The first-order valence-corrected chi connectivity index (χ1v) is 11.9. The number of aliphatic carboxylic acids is 1. The second-order valence-corrected chi connectivity index (χ2v) is 8.73. The number of halogens is 3. The van der Waals surface area contributed by atoms with E-state index >= 15 is 0 Å². The quantitative estimate of drug-likeness (QED) is 0.247. The van der Waals surface area contributed by atoms with Crippen LogP contribution in [0.25, 0.3) is 22.2 Å². The third kappa shape index (κ3) is 6.52. The Morgan fingerprint density at radius 3 is 2.22 bits per heavy atom. The van der Waals surface area contributed by atoms with E-state index in [9.17, 15) is 22.8 Å². The number of fused-ring (bicyclic) bond motifs is 1. The molecule has 0 aliphatic carbocycles. The van der Waals surface area contributed by atoms with Crippen molar-refractivity contribution in [1.82, 2.24) is 10.3 Å². The van der Waals surface area contributed by atoms with Crippen molar-refractivity contribution in [2.45, 2.75) is 37.9 Å². The molecule has 5 nitrogen and oxygen atoms in total. The topological polar surface area (TPSA) is 79.3 Å². The van der Waals surface area contributed by atoms with Crippen LogP contribution in [0.2, 0.25) is 0 Å². The van der Waals surface area contributed by atoms with Crippen LogP contribution in [0.1, 0.15) is 46.8 Å². The lowest BCUT2D eigenvalue weighted by Crippen LogP contribution is -2.38. The summed E-state index contributed by atoms with van der Waals surface area (Å²) in [6.07, 6.45) is -2.90. The number of amides is 1. The summed E-state index contributed by atoms with van der Waals surface area (Å²) >= 11 is 0. The second-order valence-electron chi connectivity index (χ2n) is 8.73. The van der Waals surface area contributed by atoms with Crippen molar-refractivity contribution >= 4 is 22.8 Å². The number of unbranched alkanes of at least 4 members (excludes halogenated alkanes) is 1. The van der Waals surface area contributed by atoms with Gasteiger partial charge >= 0.3 is 12.1 Å². The van der Waals surface area contributed by atoms with E-state index < -0.39 is 24.1 Å². The minimum atomic E-state index is -4.66. The van der Waals surface area contributed by atoms with Gasteiger partial charge in [-0.3, -0.25) is 9.59 Å². The molecule has 0 aliphatic rings. The zero-order valence-electron chi connectivity index (χ0n) is 19.8. The first-order chi connectivity index (χ1) is 17.7. The molecule has 1 amide bonds. The van der Waals surface area contributed by atoms with Crippen LogP contribution < -0.4 is 5.32 Å². The van der Waals surface area contributed by atoms with Crippen molar-refractivity contribution in [1.29, 1.82) is 0 Å². The number of nitrogens with zero attached hydrogens (tertiary/aromatic N) is 1. The smallest absolute Gasteiger partial charge is 0.412 e. The lowest BCUT2D eigenvalue weighted by Gasteiger charge is -2.22. The lowest BCUT2D eigenvalue weighted by molar-refractivity contribution is -0.155. The fourth-order valence-corrected chi connectivity index (χ4v) is 4.20. The average molecular weight is 507 g/mol. The van der Waals surface area contributed by atoms with Gasteiger partial charge in [0.25, 0.3) is 5.91 Å². The van der Waals surface area contributed by atoms with Gasteiger partial charge in [0.05, 0.1) is 11.2 Å². The summed E-state index contributed by atoms with van der Waals surface area (Å²) in [5.41, 5.74) is 3.15. The highest BCUT2D eigenvalue weighted by Crippen LogP contribution is 2.33. The summed E-state index contributed by atoms with van der Waals surface area (Å²) in [4.78, 5) is 28.5. The summed E-state index contributed by atoms with van der Waals surface area (Å²) in [7, 11) is 0. The zero-order chi connectivity index (χ0) is 26.4. The number of aryl methyl sites for hydroxylation is 1. The zero-order valence-corrected chi connectivity index (χ0v) is 19.8. The van der Waals surface area contributed by atoms with Crippen LogP contribution in [0.3, 0.4) is 0 Å². The van der Waals surface area contributed by atoms with E-state index in [0.29, 0.717) is 30.2 Å². The monoisotopic (exact) mass is 506 g/mol. The molecule has 1 atom stereocenters. The van der Waals surface area contributed by atoms with Gasteiger partial charge in [0.1, 0.15) is 0 Å². The molecule has 4 aromatic rings. The maximum Gasteiger partial charge on any atom is 0.412 e. The van der Waals surface area contributed by atoms with E-state index in [4.69, 9.17) is 10.1 Å². The second kappa shape index (κ2) is 11.2. The highest BCUT2D eigenvalue weighted by atomic mass is 19.4. The van der Waals surface area contributed by atoms with E-state index in [2.05, 4.69) is 5.32 Å². The van der Waals surface area contributed by atoms with E-state index in [1.807, 2.05) is 36.4 Å². The molecule has 0 fully saturated rings. The molecule has 190 valence electrons. The van der Waals surface area contributed by atoms with Crippen LogP contribution in [0, 0.1) is 0 Å². The van der Waals surface area contributed by atoms with Gasteiger partial charge in [0, 0.05) is 22.9 Å². The number of hydrogen-bond donors (Lipinski definition) is 2. The number of carbonyl (C=O) groups is 2. The number of aromatic nitrogens is 1. The van der Waals surface area contributed by atoms with Crippen LogP contribution in [0.4, 0.5) is 13.2 Å². The molecule has 37 heavy (non-hydrogen) atoms. The third-order valence-corrected chi connectivity index (χ3v) is 6.03. The molecule has 8 heteroatoms. The maximum absolute atomic E-state index is 13.7. The molecule has 0 aliphatic heterocycles. The van der Waals surface area contributed by atoms with Gasteiger partial charge in [-0.05, 0) is 54.7 Å². The van der Waals surface area contributed by atoms with Gasteiger partial charge in [0.2, 0.25) is 0 Å². The minimum absolute atomic E-state index is 0.0537. The Labute approximate surface area is 212 Å². The third-order valence-electron chi connectivity index (χ3n) is 6.03. The molecular formula is C29H25F3N2O3. The van der Waals surface area contributed by atoms with Crippen molar-refractivity contribution in [2.24, 2.45) is 0 Å². The van der Waals surface area contributed by atoms with Crippen molar-refractivity contribution in [3.8, 4) is 11.3 Å². The number of nitrogens with one attached hydrogen (secondary N) is 1. The normalized spacial score (nSPS) is 12.3. The highest BCUT2D eigenvalue weighted by Gasteiger charge is 2.41. The van der Waals surface area contributed by atoms with E-state index in [1.165, 1.54) is 36.4 Å². The Morgan fingerprint density at radius 2 is 1.57 bits per heavy atom. The average Bonchev–Trinajstić information content (AvgIpc) is 2.89. The Bertz CT molecular complexity index is 1390. The molecule has 0 bridgehead atoms. The molecule has 0 spiro atoms. The Kier molecular flexibility index (Phi) is 7.86. The number of rotatable bonds is 9. The molecule has 1 unspecified atom stereocenters. The van der Waals surface area contributed by atoms with Gasteiger partial charge in [-0.15, -0.1) is 0 Å². The molecule has 4 rings (SSSR count). The van der Waals surface area contributed by atoms with Crippen LogP contribution in [0.5, 0.6) is 0 Å². The van der Waals surface area contributed by atoms with Crippen LogP contribution >= 0.6 is 0 Å². The predicted molar refractivity (Wildman–Crippen MR) is 135 cm³/mol. The van der Waals surface area contributed by atoms with Crippen molar-refractivity contribution in [3.63, 3.8) is 0 Å². The standard InChI is InChI=1S/C29H25F3N2O3/c30-29(31,32)27(20-11-5-2-6-12-20)34-28(37)22-15-16-24-23(18-22)17-21(13-7-8-14-25(35)36)26(33-24)19-9-3-1-4-10-19/h1-6,9-12,15-18,27H,7-8,13-14H2,(H,34,37)(H,35,36). The van der Waals surface area contributed by atoms with E-state index in [1.54, 1.807) is 12.1 Å². The SMILES string of the molecule is O=C(O)CCCCc1cc2cc(C(=O)NC(c3ccccc3)C(F)(F)F)ccc2nc1-c1ccccc1. The molecule has 0 radical (unpaired) electrons. The van der Waals surface area contributed by atoms with Crippen molar-refractivity contribution in [3.05, 3.63) is 102 Å². The van der Waals surface area contributed by atoms with E-state index in [-0.39, 0.29) is 17.5 Å². The first kappa shape index (κ1) is 25.9. The molecule has 0 saturated carbocycles. The molecule has 1 heterocycles. The highest BCUT2D eigenvalue weighted by molar-refractivity contribution is 5.98. The predicted octanol–water partition coefficient (Wildman–Crippen LogP) is 6.73. The fraction of sp³-hybridized carbons (Fsp3) is 0.207. The molecule has 3 aromatic carbocycles. The van der Waals surface area contributed by atoms with Crippen LogP contribution in [-0.2, 0) is 11.2 Å². The summed E-state index contributed by atoms with van der Waals surface area (Å²) < 4.78 is 41.2. The van der Waals surface area contributed by atoms with Gasteiger partial charge in [-0.2, -0.15) is 13.2 Å². The summed E-state index contributed by atoms with van der Waals surface area (Å²) in [5, 5.41) is 11.7. The summed E-state index contributed by atoms with van der Waals surface area (Å²) in [5.74, 6) is -1.70. The van der Waals surface area contributed by atoms with Gasteiger partial charge in [-0.25, -0.2) is 4.98 Å². The Balaban J connectivity index is 1.66. The van der Waals surface area contributed by atoms with Gasteiger partial charge < -0.3 is 10.4 Å². The first-order valence-electron chi connectivity index (χ1n) is 11.9. The summed E-state index contributed by atoms with van der Waals surface area (Å²) in [6, 6.07) is 21.1. The number of pyridine rings is 1. The number of benzene rings is 3. The maximum atomic E-state index is 13.7. The number of alkyl halides is 3. The van der Waals surface area contributed by atoms with Crippen LogP contribution in [-0.4, -0.2) is 28.1 Å². The van der Waals surface area contributed by atoms with Gasteiger partial charge in [0.15, 0.2) is 6.04 Å². The van der Waals surface area contributed by atoms with Gasteiger partial charge in [-0.1, -0.05) is 60.7 Å². The number of carboxylic acids is 1. The molecular weight excluding hydrogens is 481 g/mol. The Hall–Kier alpha value is -4.20. The minimum Gasteiger partial charge on any atom is -0.481 e. The molecule has 2 N–H and O–H groups in total. The van der Waals surface area contributed by atoms with Crippen LogP contribution in [0.15, 0.2) is 84.9 Å². The Morgan fingerprint density at radius 1 is 0.892 bits per heavy atom. The number of hydrogen-bond acceptors (Lipinski definition) is 3. The van der Waals surface area contributed by atoms with Crippen molar-refractivity contribution in [2.75, 3.05) is 0 Å². The van der Waals surface area contributed by atoms with Crippen molar-refractivity contribution < 1.29 is 27.9 Å². The number of carbonyl (C=O) groups excluding carboxylic acids is 1. The lowest BCUT2D eigenvalue weighted by atomic mass is 9.98.